The minimum absolute atomic E-state index is 0.139. The van der Waals surface area contributed by atoms with Crippen molar-refractivity contribution in [1.82, 2.24) is 20.3 Å². The van der Waals surface area contributed by atoms with Crippen LogP contribution in [0, 0.1) is 13.8 Å². The van der Waals surface area contributed by atoms with Crippen molar-refractivity contribution in [2.45, 2.75) is 27.2 Å². The van der Waals surface area contributed by atoms with Crippen LogP contribution in [0.25, 0.3) is 28.0 Å². The lowest BCUT2D eigenvalue weighted by Crippen LogP contribution is -2.34. The Morgan fingerprint density at radius 3 is 2.41 bits per heavy atom. The van der Waals surface area contributed by atoms with Gasteiger partial charge in [-0.3, -0.25) is 10.1 Å². The maximum absolute atomic E-state index is 12.7. The van der Waals surface area contributed by atoms with Gasteiger partial charge >= 0.3 is 0 Å². The Hall–Kier alpha value is -4.01. The van der Waals surface area contributed by atoms with Crippen molar-refractivity contribution in [1.29, 1.82) is 0 Å². The van der Waals surface area contributed by atoms with Gasteiger partial charge in [-0.05, 0) is 91.6 Å². The number of fused-ring (bicyclic) bond motifs is 1. The molecule has 1 amide bonds. The van der Waals surface area contributed by atoms with Crippen LogP contribution in [0.1, 0.15) is 34.2 Å². The molecule has 3 aromatic carbocycles. The molecule has 5 rings (SSSR count). The number of halogens is 1. The highest BCUT2D eigenvalue weighted by Gasteiger charge is 2.16. The fourth-order valence-electron chi connectivity index (χ4n) is 3.86. The third kappa shape index (κ3) is 5.26. The Balaban J connectivity index is 1.29. The van der Waals surface area contributed by atoms with Crippen molar-refractivity contribution < 1.29 is 9.21 Å². The number of carbonyl (C=O) groups is 1. The molecule has 0 spiro atoms. The topological polar surface area (TPSA) is 85.0 Å². The third-order valence-electron chi connectivity index (χ3n) is 6.06. The number of aromatic nitrogens is 3. The van der Waals surface area contributed by atoms with Gasteiger partial charge in [-0.25, -0.2) is 0 Å². The lowest BCUT2D eigenvalue weighted by molar-refractivity contribution is 0.0951. The average Bonchev–Trinajstić information content (AvgIpc) is 3.53. The van der Waals surface area contributed by atoms with E-state index in [1.165, 1.54) is 5.56 Å². The number of anilines is 1. The molecule has 0 unspecified atom stereocenters. The summed E-state index contributed by atoms with van der Waals surface area (Å²) in [4.78, 5) is 14.3. The average molecular weight is 530 g/mol. The predicted molar refractivity (Wildman–Crippen MR) is 151 cm³/mol. The highest BCUT2D eigenvalue weighted by Crippen LogP contribution is 2.27. The van der Waals surface area contributed by atoms with Gasteiger partial charge in [0, 0.05) is 16.3 Å². The molecule has 0 radical (unpaired) electrons. The molecule has 2 aromatic heterocycles. The first-order valence-corrected chi connectivity index (χ1v) is 12.5. The minimum Gasteiger partial charge on any atom is -0.451 e. The maximum Gasteiger partial charge on any atom is 0.293 e. The predicted octanol–water partition coefficient (Wildman–Crippen LogP) is 6.64. The van der Waals surface area contributed by atoms with Crippen molar-refractivity contribution in [2.75, 3.05) is 5.32 Å². The van der Waals surface area contributed by atoms with E-state index in [0.29, 0.717) is 16.3 Å². The highest BCUT2D eigenvalue weighted by molar-refractivity contribution is 7.80. The molecule has 9 heteroatoms. The molecule has 0 aliphatic carbocycles. The molecule has 2 N–H and O–H groups in total. The molecule has 2 heterocycles. The summed E-state index contributed by atoms with van der Waals surface area (Å²) in [5, 5.41) is 15.7. The number of benzene rings is 3. The van der Waals surface area contributed by atoms with Crippen LogP contribution in [0.3, 0.4) is 0 Å². The number of rotatable bonds is 5. The number of hydrogen-bond donors (Lipinski definition) is 2. The number of furan rings is 1. The lowest BCUT2D eigenvalue weighted by atomic mass is 10.1. The molecular formula is C28H24ClN5O2S. The molecule has 5 aromatic rings. The third-order valence-corrected chi connectivity index (χ3v) is 6.67. The summed E-state index contributed by atoms with van der Waals surface area (Å²) < 4.78 is 5.74. The number of hydrogen-bond acceptors (Lipinski definition) is 5. The number of nitrogens with zero attached hydrogens (tertiary/aromatic N) is 3. The van der Waals surface area contributed by atoms with E-state index in [9.17, 15) is 4.79 Å². The Bertz CT molecular complexity index is 1640. The number of carbonyl (C=O) groups excluding carboxylic acids is 1. The van der Waals surface area contributed by atoms with E-state index in [2.05, 4.69) is 39.9 Å². The van der Waals surface area contributed by atoms with Crippen LogP contribution < -0.4 is 10.6 Å². The molecule has 186 valence electrons. The summed E-state index contributed by atoms with van der Waals surface area (Å²) in [6.45, 7) is 5.98. The largest absolute Gasteiger partial charge is 0.451 e. The first kappa shape index (κ1) is 24.7. The number of aryl methyl sites for hydroxylation is 3. The molecule has 0 saturated heterocycles. The van der Waals surface area contributed by atoms with Crippen molar-refractivity contribution in [3.05, 3.63) is 94.2 Å². The van der Waals surface area contributed by atoms with Crippen molar-refractivity contribution >= 4 is 51.6 Å². The normalized spacial score (nSPS) is 11.0. The van der Waals surface area contributed by atoms with Gasteiger partial charge < -0.3 is 9.73 Å². The monoisotopic (exact) mass is 529 g/mol. The van der Waals surface area contributed by atoms with E-state index >= 15 is 0 Å². The first-order chi connectivity index (χ1) is 17.8. The molecule has 7 nitrogen and oxygen atoms in total. The SMILES string of the molecule is CCc1ccc(-n2nc3cc(C)c(NC(=S)NC(=O)c4ccc(-c5ccc(C)c(Cl)c5)o4)cc3n2)cc1. The number of amides is 1. The van der Waals surface area contributed by atoms with Gasteiger partial charge in [-0.2, -0.15) is 4.80 Å². The quantitative estimate of drug-likeness (QED) is 0.248. The van der Waals surface area contributed by atoms with Gasteiger partial charge in [0.25, 0.3) is 5.91 Å². The summed E-state index contributed by atoms with van der Waals surface area (Å²) >= 11 is 11.6. The van der Waals surface area contributed by atoms with Crippen molar-refractivity contribution in [3.63, 3.8) is 0 Å². The van der Waals surface area contributed by atoms with Gasteiger partial charge in [0.05, 0.1) is 5.69 Å². The zero-order valence-electron chi connectivity index (χ0n) is 20.5. The van der Waals surface area contributed by atoms with E-state index in [-0.39, 0.29) is 10.9 Å². The van der Waals surface area contributed by atoms with Gasteiger partial charge in [0.1, 0.15) is 16.8 Å². The summed E-state index contributed by atoms with van der Waals surface area (Å²) in [7, 11) is 0. The maximum atomic E-state index is 12.7. The van der Waals surface area contributed by atoms with Crippen LogP contribution in [0.2, 0.25) is 5.02 Å². The zero-order chi connectivity index (χ0) is 26.1. The van der Waals surface area contributed by atoms with Gasteiger partial charge in [0.2, 0.25) is 0 Å². The van der Waals surface area contributed by atoms with Crippen LogP contribution in [0.5, 0.6) is 0 Å². The van der Waals surface area contributed by atoms with E-state index in [1.54, 1.807) is 23.0 Å². The van der Waals surface area contributed by atoms with Crippen LogP contribution in [0.15, 0.2) is 71.1 Å². The Kier molecular flexibility index (Phi) is 6.78. The van der Waals surface area contributed by atoms with Crippen LogP contribution in [-0.4, -0.2) is 26.0 Å². The van der Waals surface area contributed by atoms with Gasteiger partial charge in [-0.15, -0.1) is 10.2 Å². The number of nitrogens with one attached hydrogen (secondary N) is 2. The summed E-state index contributed by atoms with van der Waals surface area (Å²) in [6, 6.07) is 20.9. The van der Waals surface area contributed by atoms with Crippen LogP contribution >= 0.6 is 23.8 Å². The van der Waals surface area contributed by atoms with E-state index < -0.39 is 5.91 Å². The van der Waals surface area contributed by atoms with E-state index in [0.717, 1.165) is 40.0 Å². The van der Waals surface area contributed by atoms with Gasteiger partial charge in [0.15, 0.2) is 10.9 Å². The number of thiocarbonyl (C=S) groups is 1. The Labute approximate surface area is 224 Å². The smallest absolute Gasteiger partial charge is 0.293 e. The minimum atomic E-state index is -0.456. The molecular weight excluding hydrogens is 506 g/mol. The summed E-state index contributed by atoms with van der Waals surface area (Å²) in [6.07, 6.45) is 0.974. The molecule has 0 bridgehead atoms. The molecule has 37 heavy (non-hydrogen) atoms. The fourth-order valence-corrected chi connectivity index (χ4v) is 4.25. The second kappa shape index (κ2) is 10.2. The standard InChI is InChI=1S/C28H24ClN5O2S/c1-4-18-6-9-20(10-7-18)34-32-23-13-17(3)22(15-24(23)33-34)30-28(37)31-27(35)26-12-11-25(36-26)19-8-5-16(2)21(29)14-19/h5-15H,4H2,1-3H3,(H2,30,31,35,37). The van der Waals surface area contributed by atoms with Crippen LogP contribution in [0.4, 0.5) is 5.69 Å². The van der Waals surface area contributed by atoms with E-state index in [4.69, 9.17) is 28.2 Å². The lowest BCUT2D eigenvalue weighted by Gasteiger charge is -2.11. The van der Waals surface area contributed by atoms with Crippen molar-refractivity contribution in [2.24, 2.45) is 0 Å². The first-order valence-electron chi connectivity index (χ1n) is 11.8. The molecule has 0 saturated carbocycles. The van der Waals surface area contributed by atoms with Crippen molar-refractivity contribution in [3.8, 4) is 17.0 Å². The second-order valence-electron chi connectivity index (χ2n) is 8.70. The highest BCUT2D eigenvalue weighted by atomic mass is 35.5. The Morgan fingerprint density at radius 2 is 1.70 bits per heavy atom. The summed E-state index contributed by atoms with van der Waals surface area (Å²) in [5.74, 6) is 0.224. The van der Waals surface area contributed by atoms with Crippen LogP contribution in [-0.2, 0) is 6.42 Å². The molecule has 0 atom stereocenters. The molecule has 0 aliphatic heterocycles. The Morgan fingerprint density at radius 1 is 0.973 bits per heavy atom. The molecule has 0 fully saturated rings. The zero-order valence-corrected chi connectivity index (χ0v) is 22.1. The fraction of sp³-hybridized carbons (Fsp3) is 0.143. The summed E-state index contributed by atoms with van der Waals surface area (Å²) in [5.41, 5.74) is 6.99. The molecule has 0 aliphatic rings. The van der Waals surface area contributed by atoms with Gasteiger partial charge in [-0.1, -0.05) is 42.8 Å². The van der Waals surface area contributed by atoms with E-state index in [1.807, 2.05) is 50.2 Å². The second-order valence-corrected chi connectivity index (χ2v) is 9.52.